The SMILES string of the molecule is CO[C@H]1C(NC(C)=O)[C@H](O[C@H]2C(C(=O)O)O[C@@H](C)C(C)C2O)OC(CO)[C@H]1O. The number of carboxylic acids is 1. The van der Waals surface area contributed by atoms with Crippen molar-refractivity contribution in [2.75, 3.05) is 13.7 Å². The topological polar surface area (TPSA) is 164 Å². The molecule has 10 atom stereocenters. The number of hydrogen-bond acceptors (Lipinski definition) is 9. The Morgan fingerprint density at radius 2 is 1.75 bits per heavy atom. The second kappa shape index (κ2) is 9.44. The molecular weight excluding hydrogens is 378 g/mol. The van der Waals surface area contributed by atoms with Gasteiger partial charge in [-0.15, -0.1) is 0 Å². The van der Waals surface area contributed by atoms with Crippen molar-refractivity contribution in [2.24, 2.45) is 5.92 Å². The normalized spacial score (nSPS) is 44.1. The minimum Gasteiger partial charge on any atom is -0.479 e. The van der Waals surface area contributed by atoms with Gasteiger partial charge in [-0.2, -0.15) is 0 Å². The summed E-state index contributed by atoms with van der Waals surface area (Å²) in [7, 11) is 1.31. The summed E-state index contributed by atoms with van der Waals surface area (Å²) in [6.07, 6.45) is -9.16. The lowest BCUT2D eigenvalue weighted by Gasteiger charge is -2.47. The van der Waals surface area contributed by atoms with Gasteiger partial charge < -0.3 is 44.7 Å². The van der Waals surface area contributed by atoms with E-state index in [1.807, 2.05) is 0 Å². The van der Waals surface area contributed by atoms with Gasteiger partial charge >= 0.3 is 5.97 Å². The molecule has 11 nitrogen and oxygen atoms in total. The zero-order valence-electron chi connectivity index (χ0n) is 16.2. The molecule has 162 valence electrons. The van der Waals surface area contributed by atoms with Crippen LogP contribution in [0.15, 0.2) is 0 Å². The molecule has 0 spiro atoms. The first-order valence-corrected chi connectivity index (χ1v) is 9.08. The molecule has 2 rings (SSSR count). The highest BCUT2D eigenvalue weighted by atomic mass is 16.7. The summed E-state index contributed by atoms with van der Waals surface area (Å²) >= 11 is 0. The minimum atomic E-state index is -1.47. The average molecular weight is 407 g/mol. The molecule has 5 unspecified atom stereocenters. The Hall–Kier alpha value is -1.34. The van der Waals surface area contributed by atoms with E-state index in [1.165, 1.54) is 14.0 Å². The van der Waals surface area contributed by atoms with Gasteiger partial charge in [-0.25, -0.2) is 4.79 Å². The van der Waals surface area contributed by atoms with E-state index in [0.29, 0.717) is 0 Å². The van der Waals surface area contributed by atoms with E-state index in [1.54, 1.807) is 13.8 Å². The summed E-state index contributed by atoms with van der Waals surface area (Å²) in [6.45, 7) is 4.02. The molecule has 0 bridgehead atoms. The van der Waals surface area contributed by atoms with E-state index in [2.05, 4.69) is 5.32 Å². The molecule has 2 aliphatic heterocycles. The second-order valence-electron chi connectivity index (χ2n) is 7.19. The molecule has 2 heterocycles. The van der Waals surface area contributed by atoms with Crippen molar-refractivity contribution >= 4 is 11.9 Å². The van der Waals surface area contributed by atoms with Crippen LogP contribution in [0.2, 0.25) is 0 Å². The first-order chi connectivity index (χ1) is 13.1. The lowest BCUT2D eigenvalue weighted by molar-refractivity contribution is -0.315. The van der Waals surface area contributed by atoms with Gasteiger partial charge in [0.2, 0.25) is 5.91 Å². The van der Waals surface area contributed by atoms with Gasteiger partial charge in [-0.1, -0.05) is 6.92 Å². The van der Waals surface area contributed by atoms with Crippen LogP contribution in [-0.4, -0.2) is 101 Å². The zero-order chi connectivity index (χ0) is 21.2. The molecule has 0 aromatic carbocycles. The standard InChI is InChI=1S/C17H29NO10/c1-6-7(2)26-15(16(23)24)14(11(6)21)28-17-10(18-8(3)20)13(25-4)12(22)9(5-19)27-17/h6-7,9-15,17,19,21-22H,5H2,1-4H3,(H,18,20)(H,23,24)/t6?,7-,9?,10?,11?,12+,13-,14+,15?,17-/m0/s1. The van der Waals surface area contributed by atoms with Crippen LogP contribution in [0, 0.1) is 5.92 Å². The molecular formula is C17H29NO10. The van der Waals surface area contributed by atoms with Crippen LogP contribution in [0.5, 0.6) is 0 Å². The molecule has 2 saturated heterocycles. The summed E-state index contributed by atoms with van der Waals surface area (Å²) < 4.78 is 22.1. The summed E-state index contributed by atoms with van der Waals surface area (Å²) in [4.78, 5) is 23.2. The molecule has 2 fully saturated rings. The van der Waals surface area contributed by atoms with Gasteiger partial charge in [0, 0.05) is 20.0 Å². The number of carboxylic acid groups (broad SMARTS) is 1. The molecule has 0 radical (unpaired) electrons. The van der Waals surface area contributed by atoms with Crippen molar-refractivity contribution in [1.29, 1.82) is 0 Å². The highest BCUT2D eigenvalue weighted by Gasteiger charge is 2.51. The van der Waals surface area contributed by atoms with Crippen molar-refractivity contribution in [1.82, 2.24) is 5.32 Å². The number of nitrogens with one attached hydrogen (secondary N) is 1. The average Bonchev–Trinajstić information content (AvgIpc) is 2.63. The van der Waals surface area contributed by atoms with Crippen LogP contribution >= 0.6 is 0 Å². The smallest absolute Gasteiger partial charge is 0.335 e. The number of rotatable bonds is 6. The second-order valence-corrected chi connectivity index (χ2v) is 7.19. The molecule has 28 heavy (non-hydrogen) atoms. The highest BCUT2D eigenvalue weighted by molar-refractivity contribution is 5.74. The Morgan fingerprint density at radius 1 is 1.11 bits per heavy atom. The molecule has 0 aromatic rings. The number of methoxy groups -OCH3 is 1. The van der Waals surface area contributed by atoms with E-state index in [0.717, 1.165) is 0 Å². The van der Waals surface area contributed by atoms with E-state index < -0.39 is 79.5 Å². The number of ether oxygens (including phenoxy) is 4. The first kappa shape index (κ1) is 22.9. The van der Waals surface area contributed by atoms with Crippen LogP contribution in [0.1, 0.15) is 20.8 Å². The van der Waals surface area contributed by atoms with Gasteiger partial charge in [-0.3, -0.25) is 4.79 Å². The Kier molecular flexibility index (Phi) is 7.73. The summed E-state index contributed by atoms with van der Waals surface area (Å²) in [5, 5.41) is 42.4. The Bertz CT molecular complexity index is 560. The molecule has 1 amide bonds. The molecule has 0 aromatic heterocycles. The van der Waals surface area contributed by atoms with Crippen molar-refractivity contribution in [3.8, 4) is 0 Å². The monoisotopic (exact) mass is 407 g/mol. The number of carbonyl (C=O) groups is 2. The predicted molar refractivity (Wildman–Crippen MR) is 92.2 cm³/mol. The van der Waals surface area contributed by atoms with E-state index >= 15 is 0 Å². The molecule has 2 aliphatic rings. The largest absolute Gasteiger partial charge is 0.479 e. The lowest BCUT2D eigenvalue weighted by Crippen LogP contribution is -2.67. The maximum Gasteiger partial charge on any atom is 0.335 e. The van der Waals surface area contributed by atoms with E-state index in [4.69, 9.17) is 18.9 Å². The number of aliphatic hydroxyl groups excluding tert-OH is 3. The fourth-order valence-electron chi connectivity index (χ4n) is 3.55. The number of aliphatic hydroxyl groups is 3. The van der Waals surface area contributed by atoms with E-state index in [9.17, 15) is 30.0 Å². The van der Waals surface area contributed by atoms with Crippen molar-refractivity contribution in [3.05, 3.63) is 0 Å². The van der Waals surface area contributed by atoms with Crippen LogP contribution < -0.4 is 5.32 Å². The number of amides is 1. The first-order valence-electron chi connectivity index (χ1n) is 9.08. The highest BCUT2D eigenvalue weighted by Crippen LogP contribution is 2.32. The summed E-state index contributed by atoms with van der Waals surface area (Å²) in [6, 6.07) is -1.02. The maximum absolute atomic E-state index is 11.6. The van der Waals surface area contributed by atoms with Gasteiger partial charge in [0.15, 0.2) is 12.4 Å². The Morgan fingerprint density at radius 3 is 2.25 bits per heavy atom. The lowest BCUT2D eigenvalue weighted by atomic mass is 9.88. The third kappa shape index (κ3) is 4.62. The van der Waals surface area contributed by atoms with Crippen LogP contribution in [0.25, 0.3) is 0 Å². The number of hydrogen-bond donors (Lipinski definition) is 5. The predicted octanol–water partition coefficient (Wildman–Crippen LogP) is -2.16. The third-order valence-electron chi connectivity index (χ3n) is 5.31. The Labute approximate surface area is 162 Å². The molecule has 0 saturated carbocycles. The van der Waals surface area contributed by atoms with Crippen LogP contribution in [0.3, 0.4) is 0 Å². The van der Waals surface area contributed by atoms with Crippen LogP contribution in [0.4, 0.5) is 0 Å². The molecule has 0 aliphatic carbocycles. The molecule has 5 N–H and O–H groups in total. The van der Waals surface area contributed by atoms with Gasteiger partial charge in [-0.05, 0) is 6.92 Å². The fraction of sp³-hybridized carbons (Fsp3) is 0.882. The number of carbonyl (C=O) groups excluding carboxylic acids is 1. The van der Waals surface area contributed by atoms with Crippen molar-refractivity contribution < 1.29 is 49.0 Å². The van der Waals surface area contributed by atoms with Gasteiger partial charge in [0.05, 0.1) is 18.8 Å². The van der Waals surface area contributed by atoms with Crippen LogP contribution in [-0.2, 0) is 28.5 Å². The van der Waals surface area contributed by atoms with E-state index in [-0.39, 0.29) is 0 Å². The minimum absolute atomic E-state index is 0.430. The Balaban J connectivity index is 2.31. The third-order valence-corrected chi connectivity index (χ3v) is 5.31. The molecule has 11 heteroatoms. The van der Waals surface area contributed by atoms with Gasteiger partial charge in [0.25, 0.3) is 0 Å². The summed E-state index contributed by atoms with van der Waals surface area (Å²) in [5.41, 5.74) is 0. The fourth-order valence-corrected chi connectivity index (χ4v) is 3.55. The maximum atomic E-state index is 11.6. The quantitative estimate of drug-likeness (QED) is 0.327. The van der Waals surface area contributed by atoms with Gasteiger partial charge in [0.1, 0.15) is 30.5 Å². The summed E-state index contributed by atoms with van der Waals surface area (Å²) in [5.74, 6) is -2.21. The van der Waals surface area contributed by atoms with Crippen molar-refractivity contribution in [2.45, 2.75) is 75.8 Å². The van der Waals surface area contributed by atoms with Crippen molar-refractivity contribution in [3.63, 3.8) is 0 Å². The number of aliphatic carboxylic acids is 1. The zero-order valence-corrected chi connectivity index (χ0v) is 16.2.